The summed E-state index contributed by atoms with van der Waals surface area (Å²) in [5.41, 5.74) is 0. The molecule has 0 unspecified atom stereocenters. The van der Waals surface area contributed by atoms with Crippen molar-refractivity contribution in [1.29, 1.82) is 0 Å². The minimum absolute atomic E-state index is 0.249. The van der Waals surface area contributed by atoms with E-state index in [4.69, 9.17) is 14.6 Å². The van der Waals surface area contributed by atoms with Crippen LogP contribution in [0.5, 0.6) is 0 Å². The highest BCUT2D eigenvalue weighted by atomic mass is 16.5. The third kappa shape index (κ3) is 8.68. The third-order valence-electron chi connectivity index (χ3n) is 2.44. The van der Waals surface area contributed by atoms with Crippen molar-refractivity contribution in [3.05, 3.63) is 0 Å². The maximum atomic E-state index is 10.9. The van der Waals surface area contributed by atoms with Gasteiger partial charge in [0.2, 0.25) is 0 Å². The van der Waals surface area contributed by atoms with E-state index in [2.05, 4.69) is 0 Å². The van der Waals surface area contributed by atoms with Crippen molar-refractivity contribution in [2.75, 3.05) is 26.4 Å². The fourth-order valence-electron chi connectivity index (χ4n) is 1.54. The lowest BCUT2D eigenvalue weighted by Crippen LogP contribution is -2.15. The molecule has 0 atom stereocenters. The largest absolute Gasteiger partial charge is 0.481 e. The lowest BCUT2D eigenvalue weighted by molar-refractivity contribution is -0.142. The van der Waals surface area contributed by atoms with Crippen LogP contribution in [-0.2, 0) is 14.3 Å². The number of aliphatic carboxylic acids is 1. The molecule has 0 aromatic heterocycles. The van der Waals surface area contributed by atoms with Crippen molar-refractivity contribution in [2.24, 2.45) is 5.92 Å². The highest BCUT2D eigenvalue weighted by Crippen LogP contribution is 2.14. The summed E-state index contributed by atoms with van der Waals surface area (Å²) in [6.07, 6.45) is 3.03. The second kappa shape index (κ2) is 10.9. The topological polar surface area (TPSA) is 55.8 Å². The van der Waals surface area contributed by atoms with Crippen LogP contribution in [0.3, 0.4) is 0 Å². The number of rotatable bonds is 11. The average molecular weight is 232 g/mol. The predicted octanol–water partition coefficient (Wildman–Crippen LogP) is 2.32. The van der Waals surface area contributed by atoms with Crippen LogP contribution in [0.25, 0.3) is 0 Å². The summed E-state index contributed by atoms with van der Waals surface area (Å²) in [6.45, 7) is 6.59. The molecule has 4 nitrogen and oxygen atoms in total. The fourth-order valence-corrected chi connectivity index (χ4v) is 1.54. The van der Waals surface area contributed by atoms with Gasteiger partial charge in [-0.15, -0.1) is 0 Å². The molecule has 1 N–H and O–H groups in total. The Morgan fingerprint density at radius 3 is 1.81 bits per heavy atom. The Balaban J connectivity index is 3.59. The number of hydrogen-bond donors (Lipinski definition) is 1. The second-order valence-electron chi connectivity index (χ2n) is 3.71. The summed E-state index contributed by atoms with van der Waals surface area (Å²) in [7, 11) is 0. The van der Waals surface area contributed by atoms with E-state index in [0.29, 0.717) is 39.3 Å². The van der Waals surface area contributed by atoms with E-state index in [-0.39, 0.29) is 5.92 Å². The number of carbonyl (C=O) groups is 1. The van der Waals surface area contributed by atoms with E-state index in [1.54, 1.807) is 0 Å². The Labute approximate surface area is 97.9 Å². The number of carboxylic acid groups (broad SMARTS) is 1. The van der Waals surface area contributed by atoms with Crippen molar-refractivity contribution in [2.45, 2.75) is 39.5 Å². The maximum Gasteiger partial charge on any atom is 0.306 e. The van der Waals surface area contributed by atoms with Gasteiger partial charge in [-0.25, -0.2) is 0 Å². The molecule has 16 heavy (non-hydrogen) atoms. The van der Waals surface area contributed by atoms with E-state index in [0.717, 1.165) is 12.8 Å². The number of ether oxygens (including phenoxy) is 2. The summed E-state index contributed by atoms with van der Waals surface area (Å²) < 4.78 is 10.4. The summed E-state index contributed by atoms with van der Waals surface area (Å²) in [5.74, 6) is -0.950. The molecule has 0 rings (SSSR count). The van der Waals surface area contributed by atoms with E-state index >= 15 is 0 Å². The van der Waals surface area contributed by atoms with Gasteiger partial charge in [0.05, 0.1) is 5.92 Å². The first-order valence-corrected chi connectivity index (χ1v) is 6.10. The normalized spacial score (nSPS) is 10.9. The minimum Gasteiger partial charge on any atom is -0.481 e. The average Bonchev–Trinajstić information content (AvgIpc) is 2.26. The quantitative estimate of drug-likeness (QED) is 0.555. The highest BCUT2D eigenvalue weighted by molar-refractivity contribution is 5.69. The first-order valence-electron chi connectivity index (χ1n) is 6.10. The molecule has 0 saturated carbocycles. The van der Waals surface area contributed by atoms with E-state index in [1.165, 1.54) is 0 Å². The van der Waals surface area contributed by atoms with Gasteiger partial charge in [-0.2, -0.15) is 0 Å². The molecule has 0 spiro atoms. The summed E-state index contributed by atoms with van der Waals surface area (Å²) in [5, 5.41) is 9.00. The molecule has 0 aromatic carbocycles. The SMILES string of the molecule is CCOCCCC(CCCOCC)C(=O)O. The molecule has 4 heteroatoms. The van der Waals surface area contributed by atoms with Gasteiger partial charge in [0.15, 0.2) is 0 Å². The van der Waals surface area contributed by atoms with Crippen LogP contribution in [-0.4, -0.2) is 37.5 Å². The van der Waals surface area contributed by atoms with E-state index in [9.17, 15) is 4.79 Å². The molecule has 0 aliphatic carbocycles. The Morgan fingerprint density at radius 2 is 1.50 bits per heavy atom. The first-order chi connectivity index (χ1) is 7.72. The smallest absolute Gasteiger partial charge is 0.306 e. The Bertz CT molecular complexity index is 158. The summed E-state index contributed by atoms with van der Waals surface area (Å²) in [6, 6.07) is 0. The van der Waals surface area contributed by atoms with Gasteiger partial charge in [-0.3, -0.25) is 4.79 Å². The monoisotopic (exact) mass is 232 g/mol. The van der Waals surface area contributed by atoms with Crippen LogP contribution in [0.1, 0.15) is 39.5 Å². The van der Waals surface area contributed by atoms with Crippen molar-refractivity contribution in [1.82, 2.24) is 0 Å². The second-order valence-corrected chi connectivity index (χ2v) is 3.71. The van der Waals surface area contributed by atoms with Crippen molar-refractivity contribution in [3.63, 3.8) is 0 Å². The highest BCUT2D eigenvalue weighted by Gasteiger charge is 2.16. The molecule has 0 amide bonds. The maximum absolute atomic E-state index is 10.9. The van der Waals surface area contributed by atoms with Crippen molar-refractivity contribution >= 4 is 5.97 Å². The van der Waals surface area contributed by atoms with Gasteiger partial charge in [-0.1, -0.05) is 0 Å². The Hall–Kier alpha value is -0.610. The van der Waals surface area contributed by atoms with Gasteiger partial charge in [0.25, 0.3) is 0 Å². The molecule has 0 aliphatic rings. The lowest BCUT2D eigenvalue weighted by Gasteiger charge is -2.11. The molecular formula is C12H24O4. The van der Waals surface area contributed by atoms with Gasteiger partial charge in [0, 0.05) is 26.4 Å². The molecule has 0 bridgehead atoms. The minimum atomic E-state index is -0.701. The molecule has 0 radical (unpaired) electrons. The number of carboxylic acids is 1. The molecule has 96 valence electrons. The van der Waals surface area contributed by atoms with Crippen molar-refractivity contribution < 1.29 is 19.4 Å². The van der Waals surface area contributed by atoms with Crippen LogP contribution in [0.2, 0.25) is 0 Å². The van der Waals surface area contributed by atoms with Gasteiger partial charge in [-0.05, 0) is 39.5 Å². The van der Waals surface area contributed by atoms with E-state index < -0.39 is 5.97 Å². The van der Waals surface area contributed by atoms with Gasteiger partial charge < -0.3 is 14.6 Å². The standard InChI is InChI=1S/C12H24O4/c1-3-15-9-5-7-11(12(13)14)8-6-10-16-4-2/h11H,3-10H2,1-2H3,(H,13,14). The van der Waals surface area contributed by atoms with Crippen LogP contribution in [0.4, 0.5) is 0 Å². The van der Waals surface area contributed by atoms with Crippen LogP contribution in [0.15, 0.2) is 0 Å². The molecule has 0 aromatic rings. The summed E-state index contributed by atoms with van der Waals surface area (Å²) >= 11 is 0. The van der Waals surface area contributed by atoms with Crippen LogP contribution in [0, 0.1) is 5.92 Å². The van der Waals surface area contributed by atoms with Gasteiger partial charge >= 0.3 is 5.97 Å². The molecule has 0 saturated heterocycles. The van der Waals surface area contributed by atoms with Gasteiger partial charge in [0.1, 0.15) is 0 Å². The zero-order valence-corrected chi connectivity index (χ0v) is 10.4. The summed E-state index contributed by atoms with van der Waals surface area (Å²) in [4.78, 5) is 10.9. The fraction of sp³-hybridized carbons (Fsp3) is 0.917. The zero-order valence-electron chi connectivity index (χ0n) is 10.4. The third-order valence-corrected chi connectivity index (χ3v) is 2.44. The molecule has 0 heterocycles. The van der Waals surface area contributed by atoms with Crippen LogP contribution >= 0.6 is 0 Å². The number of hydrogen-bond acceptors (Lipinski definition) is 3. The first kappa shape index (κ1) is 15.4. The Kier molecular flexibility index (Phi) is 10.5. The molecule has 0 fully saturated rings. The van der Waals surface area contributed by atoms with Crippen molar-refractivity contribution in [3.8, 4) is 0 Å². The predicted molar refractivity (Wildman–Crippen MR) is 62.6 cm³/mol. The zero-order chi connectivity index (χ0) is 12.2. The Morgan fingerprint density at radius 1 is 1.06 bits per heavy atom. The van der Waals surface area contributed by atoms with E-state index in [1.807, 2.05) is 13.8 Å². The van der Waals surface area contributed by atoms with Crippen LogP contribution < -0.4 is 0 Å². The molecule has 0 aliphatic heterocycles. The lowest BCUT2D eigenvalue weighted by atomic mass is 9.98. The molecular weight excluding hydrogens is 208 g/mol.